The van der Waals surface area contributed by atoms with Crippen LogP contribution in [0.15, 0.2) is 60.2 Å². The van der Waals surface area contributed by atoms with Crippen molar-refractivity contribution in [3.63, 3.8) is 0 Å². The summed E-state index contributed by atoms with van der Waals surface area (Å²) in [5.41, 5.74) is 3.35. The number of nitrogens with one attached hydrogen (secondary N) is 2. The van der Waals surface area contributed by atoms with Gasteiger partial charge in [0.25, 0.3) is 5.91 Å². The fourth-order valence-corrected chi connectivity index (χ4v) is 3.26. The number of hydroxylamine groups is 1. The van der Waals surface area contributed by atoms with Gasteiger partial charge in [-0.15, -0.1) is 0 Å². The molecule has 184 valence electrons. The van der Waals surface area contributed by atoms with E-state index in [-0.39, 0.29) is 19.1 Å². The van der Waals surface area contributed by atoms with E-state index in [0.717, 1.165) is 5.56 Å². The number of benzene rings is 2. The molecule has 0 aliphatic carbocycles. The van der Waals surface area contributed by atoms with Crippen LogP contribution in [0.3, 0.4) is 0 Å². The van der Waals surface area contributed by atoms with E-state index in [2.05, 4.69) is 5.32 Å². The van der Waals surface area contributed by atoms with Crippen molar-refractivity contribution in [1.29, 1.82) is 0 Å². The highest BCUT2D eigenvalue weighted by atomic mass is 16.6. The Morgan fingerprint density at radius 1 is 1.06 bits per heavy atom. The second-order valence-electron chi connectivity index (χ2n) is 7.70. The Morgan fingerprint density at radius 3 is 2.29 bits per heavy atom. The maximum absolute atomic E-state index is 12.7. The van der Waals surface area contributed by atoms with Crippen molar-refractivity contribution in [3.05, 3.63) is 65.7 Å². The van der Waals surface area contributed by atoms with Gasteiger partial charge in [-0.2, -0.15) is 0 Å². The van der Waals surface area contributed by atoms with Gasteiger partial charge in [-0.3, -0.25) is 15.3 Å². The molecule has 9 nitrogen and oxygen atoms in total. The highest BCUT2D eigenvalue weighted by Crippen LogP contribution is 2.31. The van der Waals surface area contributed by atoms with E-state index >= 15 is 0 Å². The fraction of sp³-hybridized carbons (Fsp3) is 0.360. The highest BCUT2D eigenvalue weighted by Gasteiger charge is 2.24. The summed E-state index contributed by atoms with van der Waals surface area (Å²) in [6.07, 6.45) is 1.74. The molecule has 0 saturated carbocycles. The number of allylic oxidation sites excluding steroid dienone is 1. The molecule has 2 atom stereocenters. The van der Waals surface area contributed by atoms with Crippen molar-refractivity contribution in [3.8, 4) is 11.5 Å². The summed E-state index contributed by atoms with van der Waals surface area (Å²) in [6, 6.07) is 14.0. The molecule has 4 N–H and O–H groups in total. The normalized spacial score (nSPS) is 12.9. The number of aliphatic hydroxyl groups excluding tert-OH is 1. The Hall–Kier alpha value is -3.56. The monoisotopic (exact) mass is 472 g/mol. The number of hydrogen-bond donors (Lipinski definition) is 4. The first-order valence-corrected chi connectivity index (χ1v) is 10.9. The average molecular weight is 473 g/mol. The van der Waals surface area contributed by atoms with Crippen molar-refractivity contribution in [2.45, 2.75) is 32.8 Å². The van der Waals surface area contributed by atoms with Crippen LogP contribution >= 0.6 is 0 Å². The Bertz CT molecular complexity index is 943. The van der Waals surface area contributed by atoms with Crippen LogP contribution in [0, 0.1) is 5.92 Å². The Labute approximate surface area is 199 Å². The minimum atomic E-state index is -0.603. The van der Waals surface area contributed by atoms with Crippen LogP contribution in [-0.4, -0.2) is 42.6 Å². The molecule has 0 aliphatic rings. The van der Waals surface area contributed by atoms with Crippen molar-refractivity contribution in [2.24, 2.45) is 5.92 Å². The summed E-state index contributed by atoms with van der Waals surface area (Å²) >= 11 is 0. The predicted molar refractivity (Wildman–Crippen MR) is 127 cm³/mol. The number of anilines is 1. The molecule has 0 saturated heterocycles. The third-order valence-corrected chi connectivity index (χ3v) is 5.19. The molecule has 9 heteroatoms. The van der Waals surface area contributed by atoms with Crippen LogP contribution in [0.25, 0.3) is 0 Å². The number of methoxy groups -OCH3 is 1. The molecule has 0 spiro atoms. The Balaban J connectivity index is 2.13. The van der Waals surface area contributed by atoms with E-state index in [1.54, 1.807) is 62.0 Å². The summed E-state index contributed by atoms with van der Waals surface area (Å²) in [5, 5.41) is 20.4. The zero-order valence-electron chi connectivity index (χ0n) is 19.6. The lowest BCUT2D eigenvalue weighted by Gasteiger charge is -2.25. The first kappa shape index (κ1) is 26.7. The van der Waals surface area contributed by atoms with Crippen molar-refractivity contribution in [1.82, 2.24) is 5.48 Å². The van der Waals surface area contributed by atoms with Gasteiger partial charge in [0.15, 0.2) is 0 Å². The molecule has 34 heavy (non-hydrogen) atoms. The molecular formula is C25H32N2O7. The predicted octanol–water partition coefficient (Wildman–Crippen LogP) is 4.22. The van der Waals surface area contributed by atoms with E-state index in [1.807, 2.05) is 19.1 Å². The lowest BCUT2D eigenvalue weighted by atomic mass is 9.92. The maximum Gasteiger partial charge on any atom is 0.412 e. The second kappa shape index (κ2) is 13.9. The molecule has 0 aliphatic heterocycles. The van der Waals surface area contributed by atoms with Gasteiger partial charge in [-0.1, -0.05) is 25.1 Å². The van der Waals surface area contributed by atoms with Gasteiger partial charge in [0, 0.05) is 11.3 Å². The van der Waals surface area contributed by atoms with Gasteiger partial charge in [-0.25, -0.2) is 10.3 Å². The number of rotatable bonds is 12. The summed E-state index contributed by atoms with van der Waals surface area (Å²) in [5.74, 6) is 0.623. The number of amides is 2. The summed E-state index contributed by atoms with van der Waals surface area (Å²) in [6.45, 7) is 3.67. The van der Waals surface area contributed by atoms with Gasteiger partial charge in [0.2, 0.25) is 0 Å². The van der Waals surface area contributed by atoms with Crippen LogP contribution < -0.4 is 20.3 Å². The summed E-state index contributed by atoms with van der Waals surface area (Å²) < 4.78 is 16.3. The van der Waals surface area contributed by atoms with Crippen LogP contribution in [0.1, 0.15) is 38.4 Å². The van der Waals surface area contributed by atoms with E-state index in [9.17, 15) is 9.59 Å². The van der Waals surface area contributed by atoms with E-state index < -0.39 is 18.1 Å². The number of hydrogen-bond acceptors (Lipinski definition) is 7. The van der Waals surface area contributed by atoms with Gasteiger partial charge >= 0.3 is 6.09 Å². The van der Waals surface area contributed by atoms with E-state index in [0.29, 0.717) is 35.6 Å². The Kier molecular flexibility index (Phi) is 10.9. The molecule has 2 amide bonds. The number of carbonyl (C=O) groups is 2. The quantitative estimate of drug-likeness (QED) is 0.207. The topological polar surface area (TPSA) is 126 Å². The number of ether oxygens (including phenoxy) is 3. The molecule has 0 unspecified atom stereocenters. The first-order valence-electron chi connectivity index (χ1n) is 10.9. The zero-order valence-corrected chi connectivity index (χ0v) is 19.6. The fourth-order valence-electron chi connectivity index (χ4n) is 3.26. The SMILES string of the molecule is COc1ccc(NC(=O)O[C@@H](c2ccc(OCCO)cc2)[C@@H](C)CC/C=C(\C)C(=O)NO)cc1. The van der Waals surface area contributed by atoms with Crippen LogP contribution in [-0.2, 0) is 9.53 Å². The van der Waals surface area contributed by atoms with Gasteiger partial charge in [0.05, 0.1) is 13.7 Å². The van der Waals surface area contributed by atoms with Gasteiger partial charge in [-0.05, 0) is 67.6 Å². The molecule has 0 bridgehead atoms. The minimum absolute atomic E-state index is 0.0860. The maximum atomic E-state index is 12.7. The summed E-state index contributed by atoms with van der Waals surface area (Å²) in [4.78, 5) is 24.1. The molecule has 0 aromatic heterocycles. The zero-order chi connectivity index (χ0) is 24.9. The molecule has 2 aromatic rings. The van der Waals surface area contributed by atoms with Gasteiger partial charge in [0.1, 0.15) is 24.2 Å². The standard InChI is InChI=1S/C25H32N2O7/c1-17(5-4-6-18(2)24(29)27-31)23(19-7-11-22(12-8-19)33-16-15-28)34-25(30)26-20-9-13-21(32-3)14-10-20/h6-14,17,23,28,31H,4-5,15-16H2,1-3H3,(H,26,30)(H,27,29)/b18-6+/t17-,23+/m0/s1. The lowest BCUT2D eigenvalue weighted by Crippen LogP contribution is -2.22. The van der Waals surface area contributed by atoms with Crippen LogP contribution in [0.4, 0.5) is 10.5 Å². The van der Waals surface area contributed by atoms with Crippen molar-refractivity contribution < 1.29 is 34.1 Å². The largest absolute Gasteiger partial charge is 0.497 e. The first-order chi connectivity index (χ1) is 16.4. The molecule has 0 radical (unpaired) electrons. The molecule has 2 aromatic carbocycles. The van der Waals surface area contributed by atoms with Crippen molar-refractivity contribution in [2.75, 3.05) is 25.6 Å². The summed E-state index contributed by atoms with van der Waals surface area (Å²) in [7, 11) is 1.57. The smallest absolute Gasteiger partial charge is 0.412 e. The Morgan fingerprint density at radius 2 is 1.71 bits per heavy atom. The third kappa shape index (κ3) is 8.42. The average Bonchev–Trinajstić information content (AvgIpc) is 2.86. The van der Waals surface area contributed by atoms with Crippen LogP contribution in [0.2, 0.25) is 0 Å². The minimum Gasteiger partial charge on any atom is -0.497 e. The number of aliphatic hydroxyl groups is 1. The molecule has 2 rings (SSSR count). The van der Waals surface area contributed by atoms with Crippen LogP contribution in [0.5, 0.6) is 11.5 Å². The van der Waals surface area contributed by atoms with E-state index in [1.165, 1.54) is 0 Å². The molecular weight excluding hydrogens is 440 g/mol. The highest BCUT2D eigenvalue weighted by molar-refractivity contribution is 5.91. The second-order valence-corrected chi connectivity index (χ2v) is 7.70. The molecule has 0 heterocycles. The number of carbonyl (C=O) groups excluding carboxylic acids is 2. The molecule has 0 fully saturated rings. The third-order valence-electron chi connectivity index (χ3n) is 5.19. The van der Waals surface area contributed by atoms with Crippen molar-refractivity contribution >= 4 is 17.7 Å². The van der Waals surface area contributed by atoms with Gasteiger partial charge < -0.3 is 19.3 Å². The van der Waals surface area contributed by atoms with E-state index in [4.69, 9.17) is 24.5 Å². The lowest BCUT2D eigenvalue weighted by molar-refractivity contribution is -0.125.